The molecule has 3 aliphatic rings. The minimum Gasteiger partial charge on any atom is -0.475 e. The largest absolute Gasteiger partial charge is 0.475 e. The maximum Gasteiger partial charge on any atom is 0.271 e. The molecule has 2 saturated heterocycles. The van der Waals surface area contributed by atoms with Crippen LogP contribution in [0, 0.1) is 11.3 Å². The Balaban J connectivity index is 1.58. The number of hydrogen-bond acceptors (Lipinski definition) is 9. The van der Waals surface area contributed by atoms with Crippen LogP contribution in [0.4, 0.5) is 0 Å². The highest BCUT2D eigenvalue weighted by molar-refractivity contribution is 6.00. The first kappa shape index (κ1) is 27.9. The molecule has 1 unspecified atom stereocenters. The summed E-state index contributed by atoms with van der Waals surface area (Å²) in [5, 5.41) is 13.0. The van der Waals surface area contributed by atoms with E-state index in [9.17, 15) is 10.1 Å². The van der Waals surface area contributed by atoms with Crippen molar-refractivity contribution in [3.63, 3.8) is 0 Å². The van der Waals surface area contributed by atoms with Crippen LogP contribution in [0.2, 0.25) is 0 Å². The van der Waals surface area contributed by atoms with E-state index in [1.54, 1.807) is 24.5 Å². The molecule has 1 amide bonds. The number of nitrogens with zero attached hydrogens (tertiary/aromatic N) is 5. The van der Waals surface area contributed by atoms with E-state index < -0.39 is 11.1 Å². The van der Waals surface area contributed by atoms with E-state index in [0.29, 0.717) is 51.8 Å². The number of aliphatic imine (C=N–C) groups is 1. The quantitative estimate of drug-likeness (QED) is 0.587. The number of carbonyl (C=O) groups excluding carboxylic acids is 1. The third kappa shape index (κ3) is 5.77. The number of nitrogens with one attached hydrogen (secondary N) is 1. The average Bonchev–Trinajstić information content (AvgIpc) is 3.00. The number of hydrogen-bond donors (Lipinski definition) is 1. The van der Waals surface area contributed by atoms with Gasteiger partial charge in [-0.05, 0) is 55.7 Å². The first-order valence-corrected chi connectivity index (χ1v) is 13.8. The van der Waals surface area contributed by atoms with Crippen LogP contribution in [-0.2, 0) is 19.6 Å². The van der Waals surface area contributed by atoms with Gasteiger partial charge in [-0.2, -0.15) is 5.26 Å². The highest BCUT2D eigenvalue weighted by Crippen LogP contribution is 2.38. The number of morpholine rings is 1. The molecule has 1 N–H and O–H groups in total. The van der Waals surface area contributed by atoms with E-state index >= 15 is 0 Å². The van der Waals surface area contributed by atoms with Crippen LogP contribution < -0.4 is 5.32 Å². The number of amides is 1. The molecule has 2 aromatic heterocycles. The van der Waals surface area contributed by atoms with Crippen molar-refractivity contribution < 1.29 is 19.0 Å². The number of nitriles is 1. The molecular formula is C30H36N6O4. The molecule has 1 atom stereocenters. The first-order valence-electron chi connectivity index (χ1n) is 13.8. The Morgan fingerprint density at radius 2 is 1.93 bits per heavy atom. The van der Waals surface area contributed by atoms with Crippen molar-refractivity contribution in [3.05, 3.63) is 65.4 Å². The fourth-order valence-electron chi connectivity index (χ4n) is 5.33. The Morgan fingerprint density at radius 1 is 1.18 bits per heavy atom. The summed E-state index contributed by atoms with van der Waals surface area (Å²) in [4.78, 5) is 29.9. The number of rotatable bonds is 6. The van der Waals surface area contributed by atoms with Gasteiger partial charge in [-0.1, -0.05) is 6.07 Å². The molecular weight excluding hydrogens is 508 g/mol. The van der Waals surface area contributed by atoms with Crippen molar-refractivity contribution in [2.75, 3.05) is 39.5 Å². The molecule has 10 heteroatoms. The number of allylic oxidation sites excluding steroid dienone is 1. The van der Waals surface area contributed by atoms with E-state index in [4.69, 9.17) is 19.2 Å². The number of carbonyl (C=O) groups is 1. The van der Waals surface area contributed by atoms with Gasteiger partial charge >= 0.3 is 0 Å². The van der Waals surface area contributed by atoms with Crippen molar-refractivity contribution in [1.82, 2.24) is 20.2 Å². The van der Waals surface area contributed by atoms with Gasteiger partial charge in [-0.3, -0.25) is 19.7 Å². The normalized spacial score (nSPS) is 22.8. The maximum absolute atomic E-state index is 14.0. The zero-order chi connectivity index (χ0) is 28.2. The van der Waals surface area contributed by atoms with E-state index in [2.05, 4.69) is 26.3 Å². The van der Waals surface area contributed by atoms with Crippen molar-refractivity contribution >= 4 is 17.4 Å². The molecule has 0 bridgehead atoms. The minimum atomic E-state index is -1.08. The van der Waals surface area contributed by atoms with Gasteiger partial charge in [0, 0.05) is 56.6 Å². The van der Waals surface area contributed by atoms with Gasteiger partial charge in [-0.15, -0.1) is 0 Å². The van der Waals surface area contributed by atoms with Gasteiger partial charge in [0.15, 0.2) is 5.66 Å². The summed E-state index contributed by atoms with van der Waals surface area (Å²) in [6.07, 6.45) is 6.99. The average molecular weight is 545 g/mol. The van der Waals surface area contributed by atoms with Crippen LogP contribution in [0.1, 0.15) is 61.6 Å². The predicted molar refractivity (Wildman–Crippen MR) is 149 cm³/mol. The molecule has 5 heterocycles. The van der Waals surface area contributed by atoms with Crippen LogP contribution in [-0.4, -0.2) is 78.0 Å². The molecule has 0 saturated carbocycles. The summed E-state index contributed by atoms with van der Waals surface area (Å²) in [5.74, 6) is 0.101. The third-order valence-corrected chi connectivity index (χ3v) is 7.81. The number of aromatic nitrogens is 2. The van der Waals surface area contributed by atoms with Gasteiger partial charge in [0.25, 0.3) is 5.91 Å². The fourth-order valence-corrected chi connectivity index (χ4v) is 5.33. The Morgan fingerprint density at radius 3 is 2.62 bits per heavy atom. The summed E-state index contributed by atoms with van der Waals surface area (Å²) in [7, 11) is 0. The second kappa shape index (κ2) is 11.8. The van der Waals surface area contributed by atoms with Crippen LogP contribution in [0.25, 0.3) is 5.57 Å². The second-order valence-corrected chi connectivity index (χ2v) is 10.9. The third-order valence-electron chi connectivity index (χ3n) is 7.81. The van der Waals surface area contributed by atoms with Crippen molar-refractivity contribution in [2.24, 2.45) is 4.99 Å². The van der Waals surface area contributed by atoms with Crippen LogP contribution in [0.15, 0.2) is 53.5 Å². The summed E-state index contributed by atoms with van der Waals surface area (Å²) in [6, 6.07) is 9.66. The molecule has 210 valence electrons. The zero-order valence-corrected chi connectivity index (χ0v) is 23.4. The number of pyridine rings is 2. The number of ether oxygens (including phenoxy) is 3. The van der Waals surface area contributed by atoms with Gasteiger partial charge in [0.1, 0.15) is 11.8 Å². The summed E-state index contributed by atoms with van der Waals surface area (Å²) < 4.78 is 17.9. The Labute approximate surface area is 235 Å². The van der Waals surface area contributed by atoms with Gasteiger partial charge in [-0.25, -0.2) is 4.99 Å². The molecule has 10 nitrogen and oxygen atoms in total. The SMILES string of the molecule is CC1=C(c2cccnc2)CC(NC(=O)c2cc(C(C)(C)C#N)ccn2)(N2CCOCC2)C(OC2CCOCC2)=N1. The summed E-state index contributed by atoms with van der Waals surface area (Å²) in [6.45, 7) is 9.08. The molecule has 0 aliphatic carbocycles. The minimum absolute atomic E-state index is 0.0737. The van der Waals surface area contributed by atoms with Crippen molar-refractivity contribution in [2.45, 2.75) is 57.2 Å². The van der Waals surface area contributed by atoms with Gasteiger partial charge < -0.3 is 19.5 Å². The molecule has 3 aliphatic heterocycles. The highest BCUT2D eigenvalue weighted by atomic mass is 16.5. The second-order valence-electron chi connectivity index (χ2n) is 10.9. The molecule has 5 rings (SSSR count). The lowest BCUT2D eigenvalue weighted by Crippen LogP contribution is -2.69. The lowest BCUT2D eigenvalue weighted by atomic mass is 9.86. The monoisotopic (exact) mass is 544 g/mol. The smallest absolute Gasteiger partial charge is 0.271 e. The molecule has 0 aromatic carbocycles. The topological polar surface area (TPSA) is 122 Å². The van der Waals surface area contributed by atoms with Crippen LogP contribution >= 0.6 is 0 Å². The van der Waals surface area contributed by atoms with E-state index in [1.807, 2.05) is 39.1 Å². The molecule has 40 heavy (non-hydrogen) atoms. The Kier molecular flexibility index (Phi) is 8.26. The van der Waals surface area contributed by atoms with Crippen LogP contribution in [0.5, 0.6) is 0 Å². The van der Waals surface area contributed by atoms with Gasteiger partial charge in [0.05, 0.1) is 37.9 Å². The highest BCUT2D eigenvalue weighted by Gasteiger charge is 2.49. The zero-order valence-electron chi connectivity index (χ0n) is 23.4. The summed E-state index contributed by atoms with van der Waals surface area (Å²) >= 11 is 0. The van der Waals surface area contributed by atoms with Crippen molar-refractivity contribution in [1.29, 1.82) is 5.26 Å². The Hall–Kier alpha value is -3.65. The molecule has 0 spiro atoms. The maximum atomic E-state index is 14.0. The summed E-state index contributed by atoms with van der Waals surface area (Å²) in [5.41, 5.74) is 1.85. The van der Waals surface area contributed by atoms with E-state index in [1.165, 1.54) is 0 Å². The lowest BCUT2D eigenvalue weighted by molar-refractivity contribution is -0.0281. The molecule has 2 fully saturated rings. The van der Waals surface area contributed by atoms with Crippen LogP contribution in [0.3, 0.4) is 0 Å². The molecule has 0 radical (unpaired) electrons. The Bertz CT molecular complexity index is 1320. The van der Waals surface area contributed by atoms with E-state index in [0.717, 1.165) is 35.2 Å². The molecule has 2 aromatic rings. The fraction of sp³-hybridized carbons (Fsp3) is 0.500. The predicted octanol–water partition coefficient (Wildman–Crippen LogP) is 3.47. The standard InChI is InChI=1S/C30H36N6O4/c1-21-25(22-5-4-9-32-19-22)18-30(36-11-15-39-16-12-36,28(34-21)40-24-7-13-38-14-8-24)35-27(37)26-17-23(6-10-33-26)29(2,3)20-31/h4-6,9-10,17,19,24H,7-8,11-16,18H2,1-3H3,(H,35,37). The van der Waals surface area contributed by atoms with Gasteiger partial charge in [0.2, 0.25) is 5.90 Å². The lowest BCUT2D eigenvalue weighted by Gasteiger charge is -2.48. The van der Waals surface area contributed by atoms with Crippen molar-refractivity contribution in [3.8, 4) is 6.07 Å². The first-order chi connectivity index (χ1) is 19.3. The van der Waals surface area contributed by atoms with E-state index in [-0.39, 0.29) is 17.7 Å².